The van der Waals surface area contributed by atoms with Crippen LogP contribution >= 0.6 is 22.7 Å². The Balaban J connectivity index is 2.31. The quantitative estimate of drug-likeness (QED) is 0.718. The van der Waals surface area contributed by atoms with E-state index in [-0.39, 0.29) is 11.6 Å². The second-order valence-electron chi connectivity index (χ2n) is 4.65. The van der Waals surface area contributed by atoms with Gasteiger partial charge >= 0.3 is 0 Å². The SMILES string of the molecule is CCc1c(C#N)c(N)nc2sc(C(=O)c3cccs3)c(N)c12. The van der Waals surface area contributed by atoms with Crippen LogP contribution in [0.25, 0.3) is 10.2 Å². The molecule has 0 radical (unpaired) electrons. The summed E-state index contributed by atoms with van der Waals surface area (Å²) in [4.78, 5) is 18.5. The molecule has 3 heterocycles. The predicted octanol–water partition coefficient (Wildman–Crippen LogP) is 3.19. The number of hydrogen-bond donors (Lipinski definition) is 2. The highest BCUT2D eigenvalue weighted by Crippen LogP contribution is 2.39. The zero-order chi connectivity index (χ0) is 15.9. The highest BCUT2D eigenvalue weighted by atomic mass is 32.1. The number of carbonyl (C=O) groups excluding carboxylic acids is 1. The fraction of sp³-hybridized carbons (Fsp3) is 0.133. The molecular formula is C15H12N4OS2. The highest BCUT2D eigenvalue weighted by molar-refractivity contribution is 7.22. The molecule has 0 amide bonds. The van der Waals surface area contributed by atoms with Crippen molar-refractivity contribution >= 4 is 50.2 Å². The molecule has 0 unspecified atom stereocenters. The van der Waals surface area contributed by atoms with Crippen LogP contribution in [-0.2, 0) is 6.42 Å². The Morgan fingerprint density at radius 3 is 2.82 bits per heavy atom. The second kappa shape index (κ2) is 5.40. The normalized spacial score (nSPS) is 10.7. The number of thiophene rings is 2. The second-order valence-corrected chi connectivity index (χ2v) is 6.59. The van der Waals surface area contributed by atoms with E-state index in [4.69, 9.17) is 11.5 Å². The zero-order valence-corrected chi connectivity index (χ0v) is 13.3. The third-order valence-corrected chi connectivity index (χ3v) is 5.39. The molecule has 22 heavy (non-hydrogen) atoms. The van der Waals surface area contributed by atoms with Gasteiger partial charge in [0, 0.05) is 5.39 Å². The van der Waals surface area contributed by atoms with Gasteiger partial charge in [0.05, 0.1) is 16.1 Å². The van der Waals surface area contributed by atoms with Crippen LogP contribution in [-0.4, -0.2) is 10.8 Å². The number of carbonyl (C=O) groups is 1. The summed E-state index contributed by atoms with van der Waals surface area (Å²) in [5.74, 6) is 0.0675. The van der Waals surface area contributed by atoms with Gasteiger partial charge in [-0.25, -0.2) is 4.98 Å². The lowest BCUT2D eigenvalue weighted by molar-refractivity contribution is 0.104. The smallest absolute Gasteiger partial charge is 0.215 e. The average Bonchev–Trinajstić information content (AvgIpc) is 3.14. The predicted molar refractivity (Wildman–Crippen MR) is 90.3 cm³/mol. The number of nitrogens with two attached hydrogens (primary N) is 2. The van der Waals surface area contributed by atoms with Gasteiger partial charge in [0.1, 0.15) is 21.6 Å². The van der Waals surface area contributed by atoms with E-state index in [1.807, 2.05) is 18.4 Å². The number of fused-ring (bicyclic) bond motifs is 1. The third-order valence-electron chi connectivity index (χ3n) is 3.42. The fourth-order valence-electron chi connectivity index (χ4n) is 2.41. The molecule has 7 heteroatoms. The molecule has 5 nitrogen and oxygen atoms in total. The molecule has 0 atom stereocenters. The van der Waals surface area contributed by atoms with E-state index in [1.54, 1.807) is 6.07 Å². The van der Waals surface area contributed by atoms with Gasteiger partial charge < -0.3 is 11.5 Å². The molecule has 0 aliphatic carbocycles. The van der Waals surface area contributed by atoms with Crippen LogP contribution in [0.1, 0.15) is 32.6 Å². The van der Waals surface area contributed by atoms with Crippen molar-refractivity contribution in [3.05, 3.63) is 38.4 Å². The minimum absolute atomic E-state index is 0.116. The first kappa shape index (κ1) is 14.5. The molecule has 0 spiro atoms. The number of aromatic nitrogens is 1. The topological polar surface area (TPSA) is 106 Å². The van der Waals surface area contributed by atoms with Crippen molar-refractivity contribution in [2.24, 2.45) is 0 Å². The van der Waals surface area contributed by atoms with E-state index >= 15 is 0 Å². The van der Waals surface area contributed by atoms with E-state index in [0.29, 0.717) is 37.6 Å². The largest absolute Gasteiger partial charge is 0.397 e. The first-order chi connectivity index (χ1) is 10.6. The van der Waals surface area contributed by atoms with Gasteiger partial charge in [0.2, 0.25) is 5.78 Å². The monoisotopic (exact) mass is 328 g/mol. The Bertz CT molecular complexity index is 920. The van der Waals surface area contributed by atoms with Gasteiger partial charge in [-0.05, 0) is 23.4 Å². The number of nitrogen functional groups attached to an aromatic ring is 2. The van der Waals surface area contributed by atoms with E-state index in [9.17, 15) is 10.1 Å². The summed E-state index contributed by atoms with van der Waals surface area (Å²) in [5.41, 5.74) is 13.5. The summed E-state index contributed by atoms with van der Waals surface area (Å²) < 4.78 is 0. The average molecular weight is 328 g/mol. The van der Waals surface area contributed by atoms with E-state index in [1.165, 1.54) is 22.7 Å². The minimum atomic E-state index is -0.116. The number of ketones is 1. The van der Waals surface area contributed by atoms with Crippen molar-refractivity contribution in [2.45, 2.75) is 13.3 Å². The van der Waals surface area contributed by atoms with Crippen molar-refractivity contribution in [3.8, 4) is 6.07 Å². The lowest BCUT2D eigenvalue weighted by Crippen LogP contribution is -2.02. The van der Waals surface area contributed by atoms with Gasteiger partial charge in [-0.1, -0.05) is 13.0 Å². The molecule has 0 aromatic carbocycles. The number of anilines is 2. The Kier molecular flexibility index (Phi) is 3.56. The van der Waals surface area contributed by atoms with Crippen molar-refractivity contribution in [3.63, 3.8) is 0 Å². The number of nitriles is 1. The first-order valence-corrected chi connectivity index (χ1v) is 8.26. The molecule has 3 aromatic rings. The summed E-state index contributed by atoms with van der Waals surface area (Å²) in [5, 5.41) is 11.8. The van der Waals surface area contributed by atoms with Gasteiger partial charge in [-0.3, -0.25) is 4.79 Å². The Morgan fingerprint density at radius 1 is 1.45 bits per heavy atom. The number of hydrogen-bond acceptors (Lipinski definition) is 7. The van der Waals surface area contributed by atoms with Crippen LogP contribution in [0, 0.1) is 11.3 Å². The van der Waals surface area contributed by atoms with E-state index in [2.05, 4.69) is 11.1 Å². The van der Waals surface area contributed by atoms with E-state index in [0.717, 1.165) is 5.56 Å². The molecule has 3 aromatic heterocycles. The van der Waals surface area contributed by atoms with Gasteiger partial charge in [0.15, 0.2) is 0 Å². The summed E-state index contributed by atoms with van der Waals surface area (Å²) in [6.07, 6.45) is 0.597. The Hall–Kier alpha value is -2.43. The fourth-order valence-corrected chi connectivity index (χ4v) is 4.24. The Morgan fingerprint density at radius 2 is 2.23 bits per heavy atom. The van der Waals surface area contributed by atoms with Crippen LogP contribution in [0.3, 0.4) is 0 Å². The maximum absolute atomic E-state index is 12.6. The molecule has 110 valence electrons. The highest BCUT2D eigenvalue weighted by Gasteiger charge is 2.23. The minimum Gasteiger partial charge on any atom is -0.397 e. The molecule has 0 aliphatic rings. The summed E-state index contributed by atoms with van der Waals surface area (Å²) in [7, 11) is 0. The van der Waals surface area contributed by atoms with Crippen LogP contribution in [0.4, 0.5) is 11.5 Å². The van der Waals surface area contributed by atoms with Crippen molar-refractivity contribution in [1.29, 1.82) is 5.26 Å². The van der Waals surface area contributed by atoms with Crippen LogP contribution in [0.5, 0.6) is 0 Å². The summed E-state index contributed by atoms with van der Waals surface area (Å²) in [6.45, 7) is 1.92. The number of aryl methyl sites for hydroxylation is 1. The summed E-state index contributed by atoms with van der Waals surface area (Å²) >= 11 is 2.59. The van der Waals surface area contributed by atoms with Gasteiger partial charge in [0.25, 0.3) is 0 Å². The van der Waals surface area contributed by atoms with Crippen molar-refractivity contribution in [2.75, 3.05) is 11.5 Å². The Labute approximate surface area is 134 Å². The van der Waals surface area contributed by atoms with Crippen LogP contribution < -0.4 is 11.5 Å². The standard InChI is InChI=1S/C15H12N4OS2/c1-2-7-8(6-16)14(18)19-15-10(7)11(17)13(22-15)12(20)9-4-3-5-21-9/h3-5H,2,17H2,1H3,(H2,18,19). The molecule has 0 aliphatic heterocycles. The van der Waals surface area contributed by atoms with Crippen molar-refractivity contribution < 1.29 is 4.79 Å². The molecular weight excluding hydrogens is 316 g/mol. The maximum atomic E-state index is 12.6. The molecule has 0 bridgehead atoms. The number of nitrogens with zero attached hydrogens (tertiary/aromatic N) is 2. The van der Waals surface area contributed by atoms with Gasteiger partial charge in [-0.2, -0.15) is 5.26 Å². The zero-order valence-electron chi connectivity index (χ0n) is 11.7. The molecule has 3 rings (SSSR count). The van der Waals surface area contributed by atoms with Crippen molar-refractivity contribution in [1.82, 2.24) is 4.98 Å². The van der Waals surface area contributed by atoms with Gasteiger partial charge in [-0.15, -0.1) is 22.7 Å². The first-order valence-electron chi connectivity index (χ1n) is 6.57. The lowest BCUT2D eigenvalue weighted by atomic mass is 10.0. The van der Waals surface area contributed by atoms with Crippen LogP contribution in [0.15, 0.2) is 17.5 Å². The van der Waals surface area contributed by atoms with Crippen LogP contribution in [0.2, 0.25) is 0 Å². The molecule has 4 N–H and O–H groups in total. The number of rotatable bonds is 3. The van der Waals surface area contributed by atoms with E-state index < -0.39 is 0 Å². The molecule has 0 saturated carbocycles. The third kappa shape index (κ3) is 2.04. The summed E-state index contributed by atoms with van der Waals surface area (Å²) in [6, 6.07) is 5.67. The molecule has 0 saturated heterocycles. The maximum Gasteiger partial charge on any atom is 0.215 e. The lowest BCUT2D eigenvalue weighted by Gasteiger charge is -2.06. The molecule has 0 fully saturated rings. The number of pyridine rings is 1.